The van der Waals surface area contributed by atoms with E-state index in [0.29, 0.717) is 11.3 Å². The maximum atomic E-state index is 8.86. The molecule has 0 spiro atoms. The number of hydrogen-bond acceptors (Lipinski definition) is 3. The molecule has 1 aromatic rings. The number of nitrogen functional groups attached to an aromatic ring is 1. The maximum absolute atomic E-state index is 8.86. The second kappa shape index (κ2) is 4.33. The number of nitrogens with zero attached hydrogens (tertiary/aromatic N) is 1. The number of rotatable bonds is 3. The Bertz CT molecular complexity index is 377. The molecule has 14 heavy (non-hydrogen) atoms. The minimum absolute atomic E-state index is 0.130. The number of hydrogen-bond donors (Lipinski definition) is 2. The standard InChI is InChI=1S/C11H13N3/c1-3-8(2)14-11-5-4-10(13)6-9(11)7-12/h3-6,8,14H,1,13H2,2H3. The van der Waals surface area contributed by atoms with E-state index < -0.39 is 0 Å². The van der Waals surface area contributed by atoms with Gasteiger partial charge in [0.05, 0.1) is 11.3 Å². The van der Waals surface area contributed by atoms with Gasteiger partial charge in [-0.3, -0.25) is 0 Å². The normalized spacial score (nSPS) is 11.4. The van der Waals surface area contributed by atoms with Crippen LogP contribution in [0.2, 0.25) is 0 Å². The largest absolute Gasteiger partial charge is 0.399 e. The van der Waals surface area contributed by atoms with Crippen molar-refractivity contribution in [1.82, 2.24) is 0 Å². The highest BCUT2D eigenvalue weighted by molar-refractivity contribution is 5.63. The van der Waals surface area contributed by atoms with Crippen molar-refractivity contribution < 1.29 is 0 Å². The molecular formula is C11H13N3. The van der Waals surface area contributed by atoms with Crippen molar-refractivity contribution in [2.75, 3.05) is 11.1 Å². The third-order valence-electron chi connectivity index (χ3n) is 1.90. The van der Waals surface area contributed by atoms with Gasteiger partial charge in [-0.2, -0.15) is 5.26 Å². The van der Waals surface area contributed by atoms with E-state index in [-0.39, 0.29) is 6.04 Å². The molecule has 3 N–H and O–H groups in total. The van der Waals surface area contributed by atoms with E-state index in [9.17, 15) is 0 Å². The van der Waals surface area contributed by atoms with Gasteiger partial charge in [0, 0.05) is 11.7 Å². The lowest BCUT2D eigenvalue weighted by molar-refractivity contribution is 1.00. The second-order valence-corrected chi connectivity index (χ2v) is 3.09. The molecule has 3 nitrogen and oxygen atoms in total. The quantitative estimate of drug-likeness (QED) is 0.563. The highest BCUT2D eigenvalue weighted by Gasteiger charge is 2.03. The van der Waals surface area contributed by atoms with Crippen LogP contribution in [0.15, 0.2) is 30.9 Å². The molecule has 72 valence electrons. The monoisotopic (exact) mass is 187 g/mol. The van der Waals surface area contributed by atoms with Crippen LogP contribution in [0.1, 0.15) is 12.5 Å². The molecule has 0 saturated carbocycles. The molecule has 1 rings (SSSR count). The van der Waals surface area contributed by atoms with Crippen molar-refractivity contribution in [2.45, 2.75) is 13.0 Å². The lowest BCUT2D eigenvalue weighted by Crippen LogP contribution is -2.12. The van der Waals surface area contributed by atoms with Crippen LogP contribution >= 0.6 is 0 Å². The van der Waals surface area contributed by atoms with Crippen LogP contribution in [0.25, 0.3) is 0 Å². The van der Waals surface area contributed by atoms with Gasteiger partial charge < -0.3 is 11.1 Å². The maximum Gasteiger partial charge on any atom is 0.101 e. The van der Waals surface area contributed by atoms with Crippen molar-refractivity contribution in [2.24, 2.45) is 0 Å². The molecule has 0 fully saturated rings. The Labute approximate surface area is 83.8 Å². The molecule has 0 radical (unpaired) electrons. The zero-order valence-corrected chi connectivity index (χ0v) is 8.12. The van der Waals surface area contributed by atoms with Crippen LogP contribution in [0.3, 0.4) is 0 Å². The fourth-order valence-corrected chi connectivity index (χ4v) is 1.08. The van der Waals surface area contributed by atoms with Crippen molar-refractivity contribution in [3.8, 4) is 6.07 Å². The predicted octanol–water partition coefficient (Wildman–Crippen LogP) is 2.13. The number of nitrogens with one attached hydrogen (secondary N) is 1. The van der Waals surface area contributed by atoms with Gasteiger partial charge >= 0.3 is 0 Å². The highest BCUT2D eigenvalue weighted by Crippen LogP contribution is 2.18. The van der Waals surface area contributed by atoms with Gasteiger partial charge in [-0.25, -0.2) is 0 Å². The van der Waals surface area contributed by atoms with Crippen molar-refractivity contribution in [1.29, 1.82) is 5.26 Å². The Balaban J connectivity index is 2.98. The summed E-state index contributed by atoms with van der Waals surface area (Å²) in [6.07, 6.45) is 1.78. The van der Waals surface area contributed by atoms with Gasteiger partial charge in [0.1, 0.15) is 6.07 Å². The molecule has 1 unspecified atom stereocenters. The van der Waals surface area contributed by atoms with E-state index >= 15 is 0 Å². The zero-order chi connectivity index (χ0) is 10.6. The predicted molar refractivity (Wildman–Crippen MR) is 58.9 cm³/mol. The minimum atomic E-state index is 0.130. The molecule has 3 heteroatoms. The fourth-order valence-electron chi connectivity index (χ4n) is 1.08. The molecule has 1 atom stereocenters. The minimum Gasteiger partial charge on any atom is -0.399 e. The van der Waals surface area contributed by atoms with Crippen molar-refractivity contribution >= 4 is 11.4 Å². The topological polar surface area (TPSA) is 61.8 Å². The molecule has 0 heterocycles. The molecule has 0 aromatic heterocycles. The van der Waals surface area contributed by atoms with Gasteiger partial charge in [-0.05, 0) is 25.1 Å². The summed E-state index contributed by atoms with van der Waals surface area (Å²) in [7, 11) is 0. The van der Waals surface area contributed by atoms with Crippen LogP contribution in [0.5, 0.6) is 0 Å². The summed E-state index contributed by atoms with van der Waals surface area (Å²) in [4.78, 5) is 0. The average Bonchev–Trinajstić information content (AvgIpc) is 2.20. The second-order valence-electron chi connectivity index (χ2n) is 3.09. The number of nitrogens with two attached hydrogens (primary N) is 1. The average molecular weight is 187 g/mol. The lowest BCUT2D eigenvalue weighted by atomic mass is 10.1. The Kier molecular flexibility index (Phi) is 3.14. The van der Waals surface area contributed by atoms with Gasteiger partial charge in [0.2, 0.25) is 0 Å². The third-order valence-corrected chi connectivity index (χ3v) is 1.90. The molecular weight excluding hydrogens is 174 g/mol. The summed E-state index contributed by atoms with van der Waals surface area (Å²) >= 11 is 0. The fraction of sp³-hybridized carbons (Fsp3) is 0.182. The van der Waals surface area contributed by atoms with Crippen LogP contribution < -0.4 is 11.1 Å². The number of benzene rings is 1. The Hall–Kier alpha value is -1.95. The molecule has 0 aliphatic carbocycles. The van der Waals surface area contributed by atoms with Gasteiger partial charge in [-0.15, -0.1) is 6.58 Å². The zero-order valence-electron chi connectivity index (χ0n) is 8.12. The smallest absolute Gasteiger partial charge is 0.101 e. The summed E-state index contributed by atoms with van der Waals surface area (Å²) in [6, 6.07) is 7.43. The lowest BCUT2D eigenvalue weighted by Gasteiger charge is -2.12. The summed E-state index contributed by atoms with van der Waals surface area (Å²) in [6.45, 7) is 5.62. The molecule has 0 aliphatic rings. The summed E-state index contributed by atoms with van der Waals surface area (Å²) in [5.74, 6) is 0. The molecule has 0 aliphatic heterocycles. The summed E-state index contributed by atoms with van der Waals surface area (Å²) in [5.41, 5.74) is 7.50. The van der Waals surface area contributed by atoms with Crippen molar-refractivity contribution in [3.05, 3.63) is 36.4 Å². The molecule has 1 aromatic carbocycles. The van der Waals surface area contributed by atoms with E-state index in [1.54, 1.807) is 24.3 Å². The van der Waals surface area contributed by atoms with Crippen LogP contribution in [0.4, 0.5) is 11.4 Å². The SMILES string of the molecule is C=CC(C)Nc1ccc(N)cc1C#N. The van der Waals surface area contributed by atoms with Gasteiger partial charge in [0.15, 0.2) is 0 Å². The number of nitriles is 1. The highest BCUT2D eigenvalue weighted by atomic mass is 14.9. The summed E-state index contributed by atoms with van der Waals surface area (Å²) < 4.78 is 0. The first-order valence-electron chi connectivity index (χ1n) is 4.36. The Morgan fingerprint density at radius 1 is 1.64 bits per heavy atom. The Morgan fingerprint density at radius 3 is 2.93 bits per heavy atom. The first kappa shape index (κ1) is 10.1. The third kappa shape index (κ3) is 2.27. The van der Waals surface area contributed by atoms with Gasteiger partial charge in [0.25, 0.3) is 0 Å². The van der Waals surface area contributed by atoms with Crippen molar-refractivity contribution in [3.63, 3.8) is 0 Å². The van der Waals surface area contributed by atoms with E-state index in [1.165, 1.54) is 0 Å². The molecule has 0 saturated heterocycles. The van der Waals surface area contributed by atoms with E-state index in [2.05, 4.69) is 18.0 Å². The van der Waals surface area contributed by atoms with E-state index in [1.807, 2.05) is 6.92 Å². The summed E-state index contributed by atoms with van der Waals surface area (Å²) in [5, 5.41) is 12.0. The molecule has 0 bridgehead atoms. The van der Waals surface area contributed by atoms with E-state index in [0.717, 1.165) is 5.69 Å². The first-order chi connectivity index (χ1) is 6.67. The van der Waals surface area contributed by atoms with E-state index in [4.69, 9.17) is 11.0 Å². The Morgan fingerprint density at radius 2 is 2.36 bits per heavy atom. The first-order valence-corrected chi connectivity index (χ1v) is 4.36. The van der Waals surface area contributed by atoms with Gasteiger partial charge in [-0.1, -0.05) is 6.08 Å². The van der Waals surface area contributed by atoms with Crippen LogP contribution in [-0.4, -0.2) is 6.04 Å². The molecule has 0 amide bonds. The van der Waals surface area contributed by atoms with Crippen LogP contribution in [0, 0.1) is 11.3 Å². The number of anilines is 2. The van der Waals surface area contributed by atoms with Crippen LogP contribution in [-0.2, 0) is 0 Å².